The Morgan fingerprint density at radius 2 is 2.06 bits per heavy atom. The standard InChI is InChI=1S/C12H12ClNOS/c1-7-4-5-9(6-10(7)15-3)11-8(2)16-12(13)14-11/h4-6H,1-3H3. The van der Waals surface area contributed by atoms with Crippen molar-refractivity contribution in [2.45, 2.75) is 13.8 Å². The Labute approximate surface area is 104 Å². The summed E-state index contributed by atoms with van der Waals surface area (Å²) in [7, 11) is 1.67. The molecule has 0 aliphatic rings. The van der Waals surface area contributed by atoms with Gasteiger partial charge in [0.05, 0.1) is 12.8 Å². The van der Waals surface area contributed by atoms with Crippen LogP contribution in [-0.4, -0.2) is 12.1 Å². The lowest BCUT2D eigenvalue weighted by Crippen LogP contribution is -1.88. The number of hydrogen-bond acceptors (Lipinski definition) is 3. The summed E-state index contributed by atoms with van der Waals surface area (Å²) in [5.41, 5.74) is 3.10. The molecule has 0 fully saturated rings. The Morgan fingerprint density at radius 3 is 2.62 bits per heavy atom. The number of thiazole rings is 1. The third-order valence-corrected chi connectivity index (χ3v) is 3.53. The van der Waals surface area contributed by atoms with Crippen LogP contribution in [0, 0.1) is 13.8 Å². The molecule has 2 rings (SSSR count). The van der Waals surface area contributed by atoms with Gasteiger partial charge < -0.3 is 4.74 Å². The summed E-state index contributed by atoms with van der Waals surface area (Å²) in [6.07, 6.45) is 0. The van der Waals surface area contributed by atoms with E-state index in [1.807, 2.05) is 32.0 Å². The van der Waals surface area contributed by atoms with Gasteiger partial charge in [-0.15, -0.1) is 11.3 Å². The molecule has 16 heavy (non-hydrogen) atoms. The first-order valence-electron chi connectivity index (χ1n) is 4.89. The molecule has 0 saturated carbocycles. The molecule has 1 aromatic carbocycles. The first kappa shape index (κ1) is 11.4. The first-order chi connectivity index (χ1) is 7.61. The van der Waals surface area contributed by atoms with E-state index < -0.39 is 0 Å². The summed E-state index contributed by atoms with van der Waals surface area (Å²) in [4.78, 5) is 5.44. The van der Waals surface area contributed by atoms with Gasteiger partial charge in [0.2, 0.25) is 0 Å². The third-order valence-electron chi connectivity index (χ3n) is 2.45. The molecule has 0 aliphatic heterocycles. The number of methoxy groups -OCH3 is 1. The molecule has 0 unspecified atom stereocenters. The Kier molecular flexibility index (Phi) is 3.17. The van der Waals surface area contributed by atoms with E-state index in [9.17, 15) is 0 Å². The third kappa shape index (κ3) is 2.06. The first-order valence-corrected chi connectivity index (χ1v) is 6.09. The second-order valence-electron chi connectivity index (χ2n) is 3.56. The number of nitrogens with zero attached hydrogens (tertiary/aromatic N) is 1. The number of aryl methyl sites for hydroxylation is 2. The van der Waals surface area contributed by atoms with Gasteiger partial charge in [-0.05, 0) is 25.5 Å². The van der Waals surface area contributed by atoms with Gasteiger partial charge in [0.25, 0.3) is 0 Å². The van der Waals surface area contributed by atoms with Gasteiger partial charge in [0.15, 0.2) is 4.47 Å². The van der Waals surface area contributed by atoms with Crippen LogP contribution in [0.25, 0.3) is 11.3 Å². The topological polar surface area (TPSA) is 22.1 Å². The molecule has 0 amide bonds. The lowest BCUT2D eigenvalue weighted by molar-refractivity contribution is 0.412. The fourth-order valence-corrected chi connectivity index (χ4v) is 2.68. The minimum atomic E-state index is 0.576. The minimum Gasteiger partial charge on any atom is -0.496 e. The van der Waals surface area contributed by atoms with Crippen molar-refractivity contribution in [1.29, 1.82) is 0 Å². The van der Waals surface area contributed by atoms with Crippen LogP contribution in [0.1, 0.15) is 10.4 Å². The highest BCUT2D eigenvalue weighted by Crippen LogP contribution is 2.32. The van der Waals surface area contributed by atoms with E-state index in [1.54, 1.807) is 7.11 Å². The van der Waals surface area contributed by atoms with Crippen molar-refractivity contribution < 1.29 is 4.74 Å². The van der Waals surface area contributed by atoms with E-state index >= 15 is 0 Å². The summed E-state index contributed by atoms with van der Waals surface area (Å²) < 4.78 is 5.87. The minimum absolute atomic E-state index is 0.576. The molecule has 2 aromatic rings. The molecule has 4 heteroatoms. The van der Waals surface area contributed by atoms with Gasteiger partial charge in [0, 0.05) is 10.4 Å². The smallest absolute Gasteiger partial charge is 0.184 e. The molecular weight excluding hydrogens is 242 g/mol. The van der Waals surface area contributed by atoms with Crippen LogP contribution in [0.4, 0.5) is 0 Å². The number of benzene rings is 1. The molecular formula is C12H12ClNOS. The molecule has 1 heterocycles. The van der Waals surface area contributed by atoms with Gasteiger partial charge in [-0.3, -0.25) is 0 Å². The number of hydrogen-bond donors (Lipinski definition) is 0. The summed E-state index contributed by atoms with van der Waals surface area (Å²) in [5.74, 6) is 0.876. The van der Waals surface area contributed by atoms with Gasteiger partial charge in [-0.2, -0.15) is 0 Å². The van der Waals surface area contributed by atoms with Crippen molar-refractivity contribution in [3.05, 3.63) is 33.1 Å². The van der Waals surface area contributed by atoms with Crippen molar-refractivity contribution in [3.8, 4) is 17.0 Å². The van der Waals surface area contributed by atoms with Crippen LogP contribution in [0.3, 0.4) is 0 Å². The average molecular weight is 254 g/mol. The highest BCUT2D eigenvalue weighted by molar-refractivity contribution is 7.16. The van der Waals surface area contributed by atoms with Crippen molar-refractivity contribution in [2.75, 3.05) is 7.11 Å². The van der Waals surface area contributed by atoms with Crippen LogP contribution in [0.15, 0.2) is 18.2 Å². The van der Waals surface area contributed by atoms with E-state index in [0.717, 1.165) is 27.4 Å². The van der Waals surface area contributed by atoms with Crippen LogP contribution in [0.5, 0.6) is 5.75 Å². The number of aromatic nitrogens is 1. The van der Waals surface area contributed by atoms with Gasteiger partial charge in [0.1, 0.15) is 5.75 Å². The molecule has 0 spiro atoms. The molecule has 1 aromatic heterocycles. The monoisotopic (exact) mass is 253 g/mol. The maximum atomic E-state index is 5.90. The molecule has 0 atom stereocenters. The maximum absolute atomic E-state index is 5.90. The molecule has 0 radical (unpaired) electrons. The van der Waals surface area contributed by atoms with Crippen molar-refractivity contribution >= 4 is 22.9 Å². The zero-order valence-electron chi connectivity index (χ0n) is 9.37. The van der Waals surface area contributed by atoms with E-state index in [-0.39, 0.29) is 0 Å². The molecule has 0 saturated heterocycles. The van der Waals surface area contributed by atoms with E-state index in [4.69, 9.17) is 16.3 Å². The number of ether oxygens (including phenoxy) is 1. The average Bonchev–Trinajstić information content (AvgIpc) is 2.59. The van der Waals surface area contributed by atoms with E-state index in [2.05, 4.69) is 4.98 Å². The van der Waals surface area contributed by atoms with Crippen molar-refractivity contribution in [3.63, 3.8) is 0 Å². The highest BCUT2D eigenvalue weighted by atomic mass is 35.5. The number of halogens is 1. The van der Waals surface area contributed by atoms with Gasteiger partial charge in [-0.25, -0.2) is 4.98 Å². The summed E-state index contributed by atoms with van der Waals surface area (Å²) in [6.45, 7) is 4.04. The zero-order chi connectivity index (χ0) is 11.7. The second kappa shape index (κ2) is 4.44. The quantitative estimate of drug-likeness (QED) is 0.804. The maximum Gasteiger partial charge on any atom is 0.184 e. The summed E-state index contributed by atoms with van der Waals surface area (Å²) in [6, 6.07) is 6.06. The van der Waals surface area contributed by atoms with Gasteiger partial charge in [-0.1, -0.05) is 23.7 Å². The Hall–Kier alpha value is -1.06. The SMILES string of the molecule is COc1cc(-c2nc(Cl)sc2C)ccc1C. The number of rotatable bonds is 2. The fourth-order valence-electron chi connectivity index (χ4n) is 1.60. The Balaban J connectivity index is 2.52. The Bertz CT molecular complexity index is 522. The van der Waals surface area contributed by atoms with Crippen molar-refractivity contribution in [2.24, 2.45) is 0 Å². The van der Waals surface area contributed by atoms with Crippen LogP contribution in [-0.2, 0) is 0 Å². The Morgan fingerprint density at radius 1 is 1.31 bits per heavy atom. The molecule has 2 nitrogen and oxygen atoms in total. The molecule has 0 N–H and O–H groups in total. The molecule has 0 bridgehead atoms. The predicted molar refractivity (Wildman–Crippen MR) is 68.6 cm³/mol. The lowest BCUT2D eigenvalue weighted by atomic mass is 10.1. The molecule has 84 valence electrons. The predicted octanol–water partition coefficient (Wildman–Crippen LogP) is 4.09. The molecule has 0 aliphatic carbocycles. The van der Waals surface area contributed by atoms with Gasteiger partial charge >= 0.3 is 0 Å². The van der Waals surface area contributed by atoms with Crippen molar-refractivity contribution in [1.82, 2.24) is 4.98 Å². The highest BCUT2D eigenvalue weighted by Gasteiger charge is 2.10. The van der Waals surface area contributed by atoms with Crippen LogP contribution >= 0.6 is 22.9 Å². The van der Waals surface area contributed by atoms with E-state index in [0.29, 0.717) is 4.47 Å². The second-order valence-corrected chi connectivity index (χ2v) is 5.34. The summed E-state index contributed by atoms with van der Waals surface area (Å²) >= 11 is 7.39. The van der Waals surface area contributed by atoms with Crippen LogP contribution < -0.4 is 4.74 Å². The van der Waals surface area contributed by atoms with Crippen LogP contribution in [0.2, 0.25) is 4.47 Å². The largest absolute Gasteiger partial charge is 0.496 e. The van der Waals surface area contributed by atoms with E-state index in [1.165, 1.54) is 11.3 Å². The fraction of sp³-hybridized carbons (Fsp3) is 0.250. The normalized spacial score (nSPS) is 10.5. The zero-order valence-corrected chi connectivity index (χ0v) is 10.9. The summed E-state index contributed by atoms with van der Waals surface area (Å²) in [5, 5.41) is 0. The lowest BCUT2D eigenvalue weighted by Gasteiger charge is -2.06.